The van der Waals surface area contributed by atoms with Gasteiger partial charge in [0.1, 0.15) is 5.57 Å². The molecule has 3 rings (SSSR count). The van der Waals surface area contributed by atoms with Gasteiger partial charge in [0.25, 0.3) is 11.8 Å². The van der Waals surface area contributed by atoms with E-state index in [9.17, 15) is 9.59 Å². The molecule has 0 aliphatic carbocycles. The number of carbonyl (C=O) groups is 2. The third-order valence-corrected chi connectivity index (χ3v) is 5.23. The molecule has 25 heavy (non-hydrogen) atoms. The van der Waals surface area contributed by atoms with Crippen molar-refractivity contribution in [3.8, 4) is 0 Å². The van der Waals surface area contributed by atoms with Crippen LogP contribution in [0.15, 0.2) is 29.8 Å². The number of nitrogens with zero attached hydrogens (tertiary/aromatic N) is 2. The van der Waals surface area contributed by atoms with Crippen LogP contribution < -0.4 is 10.2 Å². The Kier molecular flexibility index (Phi) is 4.03. The number of nitrogens with one attached hydrogen (secondary N) is 1. The highest BCUT2D eigenvalue weighted by molar-refractivity contribution is 7.80. The lowest BCUT2D eigenvalue weighted by atomic mass is 9.88. The summed E-state index contributed by atoms with van der Waals surface area (Å²) in [6.07, 6.45) is 3.83. The molecule has 0 radical (unpaired) electrons. The lowest BCUT2D eigenvalue weighted by Gasteiger charge is -2.40. The second-order valence-electron chi connectivity index (χ2n) is 7.00. The second kappa shape index (κ2) is 5.81. The monoisotopic (exact) mass is 355 g/mol. The number of benzene rings is 1. The smallest absolute Gasteiger partial charge is 0.265 e. The van der Waals surface area contributed by atoms with E-state index in [4.69, 9.17) is 12.2 Å². The minimum absolute atomic E-state index is 0.0608. The van der Waals surface area contributed by atoms with Crippen molar-refractivity contribution >= 4 is 46.5 Å². The molecule has 2 aliphatic rings. The topological polar surface area (TPSA) is 52.7 Å². The van der Waals surface area contributed by atoms with E-state index >= 15 is 0 Å². The molecule has 0 unspecified atom stereocenters. The number of hydrogen-bond donors (Lipinski definition) is 1. The average Bonchev–Trinajstić information content (AvgIpc) is 2.54. The van der Waals surface area contributed by atoms with Crippen molar-refractivity contribution < 1.29 is 9.59 Å². The van der Waals surface area contributed by atoms with Gasteiger partial charge in [-0.3, -0.25) is 19.8 Å². The Hall–Kier alpha value is -2.47. The van der Waals surface area contributed by atoms with Crippen molar-refractivity contribution in [1.29, 1.82) is 0 Å². The number of hydrogen-bond acceptors (Lipinski definition) is 4. The van der Waals surface area contributed by atoms with E-state index in [1.165, 1.54) is 10.5 Å². The molecule has 1 aromatic carbocycles. The summed E-state index contributed by atoms with van der Waals surface area (Å²) in [5.74, 6) is -0.853. The third kappa shape index (κ3) is 2.87. The van der Waals surface area contributed by atoms with Gasteiger partial charge in [-0.15, -0.1) is 0 Å². The maximum absolute atomic E-state index is 12.3. The van der Waals surface area contributed by atoms with Crippen LogP contribution in [-0.4, -0.2) is 41.5 Å². The molecule has 0 atom stereocenters. The van der Waals surface area contributed by atoms with Crippen LogP contribution in [0.5, 0.6) is 0 Å². The Bertz CT molecular complexity index is 867. The number of fused-ring (bicyclic) bond motifs is 1. The van der Waals surface area contributed by atoms with Gasteiger partial charge in [-0.2, -0.15) is 0 Å². The number of thiocarbonyl (C=S) groups is 1. The van der Waals surface area contributed by atoms with Crippen LogP contribution in [0.2, 0.25) is 0 Å². The van der Waals surface area contributed by atoms with Gasteiger partial charge in [-0.25, -0.2) is 0 Å². The van der Waals surface area contributed by atoms with Crippen LogP contribution >= 0.6 is 12.2 Å². The minimum Gasteiger partial charge on any atom is -0.366 e. The first-order chi connectivity index (χ1) is 11.6. The minimum atomic E-state index is -0.462. The van der Waals surface area contributed by atoms with Gasteiger partial charge in [-0.05, 0) is 62.3 Å². The number of anilines is 1. The Labute approximate surface area is 153 Å². The normalized spacial score (nSPS) is 21.2. The zero-order valence-electron chi connectivity index (χ0n) is 15.0. The summed E-state index contributed by atoms with van der Waals surface area (Å²) in [5.41, 5.74) is 4.24. The molecule has 1 aromatic rings. The summed E-state index contributed by atoms with van der Waals surface area (Å²) in [6.45, 7) is 6.41. The first kappa shape index (κ1) is 17.4. The van der Waals surface area contributed by atoms with Crippen LogP contribution in [0.1, 0.15) is 31.9 Å². The number of amides is 2. The number of carbonyl (C=O) groups excluding carboxylic acids is 2. The van der Waals surface area contributed by atoms with Gasteiger partial charge >= 0.3 is 0 Å². The van der Waals surface area contributed by atoms with E-state index in [0.717, 1.165) is 16.8 Å². The highest BCUT2D eigenvalue weighted by Crippen LogP contribution is 2.38. The summed E-state index contributed by atoms with van der Waals surface area (Å²) in [5, 5.41) is 2.65. The van der Waals surface area contributed by atoms with E-state index < -0.39 is 11.8 Å². The number of rotatable bonds is 1. The van der Waals surface area contributed by atoms with Crippen molar-refractivity contribution in [3.63, 3.8) is 0 Å². The van der Waals surface area contributed by atoms with E-state index in [1.54, 1.807) is 13.1 Å². The lowest BCUT2D eigenvalue weighted by Crippen LogP contribution is -2.52. The summed E-state index contributed by atoms with van der Waals surface area (Å²) in [6, 6.07) is 5.96. The summed E-state index contributed by atoms with van der Waals surface area (Å²) in [4.78, 5) is 27.9. The lowest BCUT2D eigenvalue weighted by molar-refractivity contribution is -0.128. The molecule has 0 aromatic heterocycles. The van der Waals surface area contributed by atoms with Crippen molar-refractivity contribution in [1.82, 2.24) is 10.2 Å². The van der Waals surface area contributed by atoms with E-state index in [-0.39, 0.29) is 16.2 Å². The van der Waals surface area contributed by atoms with Crippen molar-refractivity contribution in [2.75, 3.05) is 19.0 Å². The Balaban J connectivity index is 2.04. The molecule has 0 bridgehead atoms. The van der Waals surface area contributed by atoms with Gasteiger partial charge in [0, 0.05) is 25.3 Å². The second-order valence-corrected chi connectivity index (χ2v) is 7.38. The fraction of sp³-hybridized carbons (Fsp3) is 0.316. The zero-order chi connectivity index (χ0) is 18.5. The molecule has 1 fully saturated rings. The van der Waals surface area contributed by atoms with Crippen LogP contribution in [0.4, 0.5) is 5.69 Å². The first-order valence-corrected chi connectivity index (χ1v) is 8.45. The summed E-state index contributed by atoms with van der Waals surface area (Å²) < 4.78 is 0. The van der Waals surface area contributed by atoms with Crippen LogP contribution in [0.25, 0.3) is 11.6 Å². The average molecular weight is 355 g/mol. The SMILES string of the molecule is CC1=CC(C)(C)N(C)c2ccc(/C=C3/C(=O)NC(=S)N(C)C3=O)cc21. The zero-order valence-corrected chi connectivity index (χ0v) is 15.8. The number of likely N-dealkylation sites (N-methyl/N-ethyl adjacent to an activating group) is 2. The van der Waals surface area contributed by atoms with E-state index in [0.29, 0.717) is 0 Å². The van der Waals surface area contributed by atoms with Gasteiger partial charge < -0.3 is 4.90 Å². The standard InChI is InChI=1S/C19H21N3O2S/c1-11-10-19(2,3)22(5)15-7-6-12(8-13(11)15)9-14-16(23)20-18(25)21(4)17(14)24/h6-10H,1-5H3,(H,20,23,25)/b14-9-. The summed E-state index contributed by atoms with van der Waals surface area (Å²) >= 11 is 4.96. The molecule has 5 nitrogen and oxygen atoms in total. The van der Waals surface area contributed by atoms with E-state index in [1.807, 2.05) is 18.2 Å². The highest BCUT2D eigenvalue weighted by atomic mass is 32.1. The molecule has 0 saturated carbocycles. The van der Waals surface area contributed by atoms with Gasteiger partial charge in [0.05, 0.1) is 5.54 Å². The van der Waals surface area contributed by atoms with Gasteiger partial charge in [-0.1, -0.05) is 12.1 Å². The molecule has 1 N–H and O–H groups in total. The molecular formula is C19H21N3O2S. The van der Waals surface area contributed by atoms with Gasteiger partial charge in [0.15, 0.2) is 5.11 Å². The maximum Gasteiger partial charge on any atom is 0.265 e. The predicted octanol–water partition coefficient (Wildman–Crippen LogP) is 2.57. The molecule has 2 aliphatic heterocycles. The maximum atomic E-state index is 12.3. The first-order valence-electron chi connectivity index (χ1n) is 8.04. The molecular weight excluding hydrogens is 334 g/mol. The molecule has 1 saturated heterocycles. The van der Waals surface area contributed by atoms with Crippen LogP contribution in [0, 0.1) is 0 Å². The summed E-state index contributed by atoms with van der Waals surface area (Å²) in [7, 11) is 3.61. The Morgan fingerprint density at radius 2 is 1.88 bits per heavy atom. The molecule has 6 heteroatoms. The molecule has 2 amide bonds. The van der Waals surface area contributed by atoms with Crippen molar-refractivity contribution in [3.05, 3.63) is 41.0 Å². The fourth-order valence-corrected chi connectivity index (χ4v) is 3.35. The van der Waals surface area contributed by atoms with Gasteiger partial charge in [0.2, 0.25) is 0 Å². The fourth-order valence-electron chi connectivity index (χ4n) is 3.18. The molecule has 2 heterocycles. The van der Waals surface area contributed by atoms with Crippen LogP contribution in [-0.2, 0) is 9.59 Å². The highest BCUT2D eigenvalue weighted by Gasteiger charge is 2.31. The van der Waals surface area contributed by atoms with E-state index in [2.05, 4.69) is 44.1 Å². The largest absolute Gasteiger partial charge is 0.366 e. The van der Waals surface area contributed by atoms with Crippen molar-refractivity contribution in [2.45, 2.75) is 26.3 Å². The third-order valence-electron chi connectivity index (χ3n) is 4.86. The Morgan fingerprint density at radius 1 is 1.20 bits per heavy atom. The molecule has 130 valence electrons. The number of allylic oxidation sites excluding steroid dienone is 1. The van der Waals surface area contributed by atoms with Crippen molar-refractivity contribution in [2.24, 2.45) is 0 Å². The molecule has 0 spiro atoms. The quantitative estimate of drug-likeness (QED) is 0.478. The predicted molar refractivity (Wildman–Crippen MR) is 104 cm³/mol. The Morgan fingerprint density at radius 3 is 2.56 bits per heavy atom. The van der Waals surface area contributed by atoms with Crippen LogP contribution in [0.3, 0.4) is 0 Å².